The third-order valence-electron chi connectivity index (χ3n) is 3.21. The largest absolute Gasteiger partial charge is 0.363 e. The summed E-state index contributed by atoms with van der Waals surface area (Å²) in [7, 11) is 0. The van der Waals surface area contributed by atoms with Crippen molar-refractivity contribution in [2.45, 2.75) is 25.2 Å². The van der Waals surface area contributed by atoms with E-state index in [-0.39, 0.29) is 11.2 Å². The molecule has 1 aliphatic rings. The van der Waals surface area contributed by atoms with E-state index < -0.39 is 5.91 Å². The summed E-state index contributed by atoms with van der Waals surface area (Å²) in [5.41, 5.74) is 6.94. The van der Waals surface area contributed by atoms with Crippen molar-refractivity contribution in [1.29, 1.82) is 0 Å². The first-order valence-electron chi connectivity index (χ1n) is 5.26. The number of rotatable bonds is 2. The Bertz CT molecular complexity index is 583. The van der Waals surface area contributed by atoms with Crippen LogP contribution in [0, 0.1) is 0 Å². The zero-order valence-electron chi connectivity index (χ0n) is 8.95. The standard InChI is InChI=1S/C11H12N4O/c1-11(3-4-11)7-6-2-5-13-9(6)15-10(14-7)8(12)16/h2,5H,3-4H2,1H3,(H2,12,16)(H,13,14,15). The normalized spacial score (nSPS) is 17.6. The Morgan fingerprint density at radius 1 is 1.50 bits per heavy atom. The van der Waals surface area contributed by atoms with Crippen molar-refractivity contribution in [1.82, 2.24) is 15.0 Å². The van der Waals surface area contributed by atoms with Gasteiger partial charge >= 0.3 is 0 Å². The molecule has 0 atom stereocenters. The Morgan fingerprint density at radius 2 is 2.25 bits per heavy atom. The minimum Gasteiger partial charge on any atom is -0.363 e. The molecule has 5 heteroatoms. The van der Waals surface area contributed by atoms with Crippen LogP contribution in [0.3, 0.4) is 0 Å². The smallest absolute Gasteiger partial charge is 0.286 e. The fourth-order valence-corrected chi connectivity index (χ4v) is 1.94. The molecule has 0 aliphatic heterocycles. The highest BCUT2D eigenvalue weighted by Crippen LogP contribution is 2.48. The maximum Gasteiger partial charge on any atom is 0.286 e. The topological polar surface area (TPSA) is 84.7 Å². The lowest BCUT2D eigenvalue weighted by Crippen LogP contribution is -2.18. The van der Waals surface area contributed by atoms with Gasteiger partial charge in [0.1, 0.15) is 5.65 Å². The Morgan fingerprint density at radius 3 is 2.88 bits per heavy atom. The molecule has 0 aromatic carbocycles. The summed E-state index contributed by atoms with van der Waals surface area (Å²) in [6.07, 6.45) is 4.00. The lowest BCUT2D eigenvalue weighted by Gasteiger charge is -2.09. The maximum absolute atomic E-state index is 11.1. The van der Waals surface area contributed by atoms with Gasteiger partial charge in [-0.25, -0.2) is 9.97 Å². The average molecular weight is 216 g/mol. The first-order chi connectivity index (χ1) is 7.60. The SMILES string of the molecule is CC1(c2nc(C(N)=O)nc3[nH]ccc23)CC1. The molecule has 3 N–H and O–H groups in total. The summed E-state index contributed by atoms with van der Waals surface area (Å²) >= 11 is 0. The van der Waals surface area contributed by atoms with Crippen molar-refractivity contribution in [3.05, 3.63) is 23.8 Å². The van der Waals surface area contributed by atoms with Gasteiger partial charge in [-0.2, -0.15) is 0 Å². The molecule has 0 radical (unpaired) electrons. The van der Waals surface area contributed by atoms with Crippen LogP contribution in [-0.2, 0) is 5.41 Å². The molecule has 0 spiro atoms. The Balaban J connectivity index is 2.31. The minimum atomic E-state index is -0.581. The summed E-state index contributed by atoms with van der Waals surface area (Å²) in [6, 6.07) is 1.94. The molecular formula is C11H12N4O. The van der Waals surface area contributed by atoms with E-state index >= 15 is 0 Å². The number of aromatic amines is 1. The lowest BCUT2D eigenvalue weighted by molar-refractivity contribution is 0.0990. The Hall–Kier alpha value is -1.91. The molecule has 1 amide bonds. The van der Waals surface area contributed by atoms with Gasteiger partial charge in [-0.3, -0.25) is 4.79 Å². The number of fused-ring (bicyclic) bond motifs is 1. The van der Waals surface area contributed by atoms with Gasteiger partial charge in [0, 0.05) is 17.0 Å². The molecule has 16 heavy (non-hydrogen) atoms. The van der Waals surface area contributed by atoms with Crippen LogP contribution >= 0.6 is 0 Å². The number of carbonyl (C=O) groups excluding carboxylic acids is 1. The molecule has 3 rings (SSSR count). The number of hydrogen-bond donors (Lipinski definition) is 2. The molecule has 5 nitrogen and oxygen atoms in total. The van der Waals surface area contributed by atoms with Gasteiger partial charge < -0.3 is 10.7 Å². The minimum absolute atomic E-state index is 0.0909. The summed E-state index contributed by atoms with van der Waals surface area (Å²) in [5, 5.41) is 0.991. The van der Waals surface area contributed by atoms with Crippen LogP contribution in [-0.4, -0.2) is 20.9 Å². The maximum atomic E-state index is 11.1. The Kier molecular flexibility index (Phi) is 1.64. The quantitative estimate of drug-likeness (QED) is 0.788. The molecule has 1 aliphatic carbocycles. The number of H-pyrrole nitrogens is 1. The van der Waals surface area contributed by atoms with Crippen LogP contribution in [0.1, 0.15) is 36.1 Å². The van der Waals surface area contributed by atoms with Crippen molar-refractivity contribution >= 4 is 16.9 Å². The van der Waals surface area contributed by atoms with E-state index in [2.05, 4.69) is 21.9 Å². The van der Waals surface area contributed by atoms with Crippen LogP contribution in [0.25, 0.3) is 11.0 Å². The molecule has 1 fully saturated rings. The first-order valence-corrected chi connectivity index (χ1v) is 5.26. The van der Waals surface area contributed by atoms with Crippen LogP contribution in [0.15, 0.2) is 12.3 Å². The molecule has 0 saturated heterocycles. The second kappa shape index (κ2) is 2.81. The van der Waals surface area contributed by atoms with Crippen LogP contribution in [0.2, 0.25) is 0 Å². The number of hydrogen-bond acceptors (Lipinski definition) is 3. The van der Waals surface area contributed by atoms with Crippen molar-refractivity contribution in [2.75, 3.05) is 0 Å². The molecule has 82 valence electrons. The van der Waals surface area contributed by atoms with Crippen molar-refractivity contribution in [2.24, 2.45) is 5.73 Å². The van der Waals surface area contributed by atoms with Gasteiger partial charge in [0.25, 0.3) is 5.91 Å². The van der Waals surface area contributed by atoms with Gasteiger partial charge in [0.15, 0.2) is 0 Å². The molecule has 2 aromatic heterocycles. The van der Waals surface area contributed by atoms with Crippen molar-refractivity contribution in [3.63, 3.8) is 0 Å². The second-order valence-electron chi connectivity index (χ2n) is 4.56. The number of nitrogens with zero attached hydrogens (tertiary/aromatic N) is 2. The molecule has 0 bridgehead atoms. The zero-order chi connectivity index (χ0) is 11.3. The van der Waals surface area contributed by atoms with E-state index in [0.717, 1.165) is 23.9 Å². The first kappa shape index (κ1) is 9.33. The van der Waals surface area contributed by atoms with Crippen LogP contribution < -0.4 is 5.73 Å². The number of carbonyl (C=O) groups is 1. The van der Waals surface area contributed by atoms with Crippen LogP contribution in [0.4, 0.5) is 0 Å². The van der Waals surface area contributed by atoms with Gasteiger partial charge in [-0.15, -0.1) is 0 Å². The lowest BCUT2D eigenvalue weighted by atomic mass is 10.0. The van der Waals surface area contributed by atoms with Gasteiger partial charge in [0.2, 0.25) is 5.82 Å². The third-order valence-corrected chi connectivity index (χ3v) is 3.21. The number of primary amides is 1. The summed E-state index contributed by atoms with van der Waals surface area (Å²) in [6.45, 7) is 2.15. The molecule has 2 heterocycles. The summed E-state index contributed by atoms with van der Waals surface area (Å²) in [4.78, 5) is 22.5. The monoisotopic (exact) mass is 216 g/mol. The average Bonchev–Trinajstić information content (AvgIpc) is 2.82. The fourth-order valence-electron chi connectivity index (χ4n) is 1.94. The molecular weight excluding hydrogens is 204 g/mol. The van der Waals surface area contributed by atoms with Crippen molar-refractivity contribution < 1.29 is 4.79 Å². The number of amides is 1. The second-order valence-corrected chi connectivity index (χ2v) is 4.56. The highest BCUT2D eigenvalue weighted by Gasteiger charge is 2.42. The predicted octanol–water partition coefficient (Wildman–Crippen LogP) is 1.11. The number of nitrogens with one attached hydrogen (secondary N) is 1. The molecule has 0 unspecified atom stereocenters. The number of nitrogens with two attached hydrogens (primary N) is 1. The third kappa shape index (κ3) is 1.21. The zero-order valence-corrected chi connectivity index (χ0v) is 8.95. The fraction of sp³-hybridized carbons (Fsp3) is 0.364. The Labute approximate surface area is 92.1 Å². The summed E-state index contributed by atoms with van der Waals surface area (Å²) in [5.74, 6) is -0.486. The van der Waals surface area contributed by atoms with Gasteiger partial charge in [-0.1, -0.05) is 6.92 Å². The van der Waals surface area contributed by atoms with E-state index in [1.54, 1.807) is 6.20 Å². The van der Waals surface area contributed by atoms with E-state index in [9.17, 15) is 4.79 Å². The molecule has 2 aromatic rings. The van der Waals surface area contributed by atoms with Gasteiger partial charge in [-0.05, 0) is 18.9 Å². The van der Waals surface area contributed by atoms with E-state index in [1.165, 1.54) is 0 Å². The number of aromatic nitrogens is 3. The van der Waals surface area contributed by atoms with E-state index in [1.807, 2.05) is 6.07 Å². The van der Waals surface area contributed by atoms with Crippen LogP contribution in [0.5, 0.6) is 0 Å². The van der Waals surface area contributed by atoms with Gasteiger partial charge in [0.05, 0.1) is 5.69 Å². The van der Waals surface area contributed by atoms with Crippen molar-refractivity contribution in [3.8, 4) is 0 Å². The highest BCUT2D eigenvalue weighted by atomic mass is 16.1. The van der Waals surface area contributed by atoms with E-state index in [4.69, 9.17) is 5.73 Å². The summed E-state index contributed by atoms with van der Waals surface area (Å²) < 4.78 is 0. The van der Waals surface area contributed by atoms with E-state index in [0.29, 0.717) is 5.65 Å². The predicted molar refractivity (Wildman–Crippen MR) is 59.0 cm³/mol. The molecule has 1 saturated carbocycles. The highest BCUT2D eigenvalue weighted by molar-refractivity contribution is 5.91.